The topological polar surface area (TPSA) is 45.5 Å². The fraction of sp³-hybridized carbons (Fsp3) is 0.320. The summed E-state index contributed by atoms with van der Waals surface area (Å²) in [5.74, 6) is -0.886. The first-order valence-electron chi connectivity index (χ1n) is 10.6. The number of nitrogens with zero attached hydrogens (tertiary/aromatic N) is 2. The van der Waals surface area contributed by atoms with Gasteiger partial charge in [0.05, 0.1) is 11.3 Å². The van der Waals surface area contributed by atoms with Gasteiger partial charge < -0.3 is 14.6 Å². The van der Waals surface area contributed by atoms with Crippen LogP contribution in [-0.4, -0.2) is 39.7 Å². The maximum absolute atomic E-state index is 11.5. The summed E-state index contributed by atoms with van der Waals surface area (Å²) in [5.41, 5.74) is 6.33. The van der Waals surface area contributed by atoms with Crippen molar-refractivity contribution in [3.8, 4) is 16.9 Å². The second kappa shape index (κ2) is 7.53. The Labute approximate surface area is 171 Å². The molecule has 1 aliphatic heterocycles. The van der Waals surface area contributed by atoms with Gasteiger partial charge in [-0.1, -0.05) is 36.4 Å². The minimum absolute atomic E-state index is 0.328. The molecule has 3 aromatic rings. The molecule has 29 heavy (non-hydrogen) atoms. The van der Waals surface area contributed by atoms with Gasteiger partial charge in [-0.3, -0.25) is 0 Å². The molecule has 1 unspecified atom stereocenters. The number of hydrogen-bond acceptors (Lipinski definition) is 2. The first kappa shape index (κ1) is 18.2. The van der Waals surface area contributed by atoms with Crippen LogP contribution in [0.1, 0.15) is 40.9 Å². The number of benzene rings is 2. The van der Waals surface area contributed by atoms with Gasteiger partial charge in [0.25, 0.3) is 0 Å². The number of hydrogen-bond donors (Lipinski definition) is 1. The van der Waals surface area contributed by atoms with E-state index in [9.17, 15) is 9.90 Å². The van der Waals surface area contributed by atoms with E-state index in [1.54, 1.807) is 12.1 Å². The SMILES string of the molecule is O=C(O)c1cccc(-n2c(-c3ccccc3)cc3c2CCC(N2CCCC2)C3)c1. The zero-order valence-electron chi connectivity index (χ0n) is 16.6. The average Bonchev–Trinajstić information content (AvgIpc) is 3.42. The van der Waals surface area contributed by atoms with E-state index in [0.717, 1.165) is 24.2 Å². The Balaban J connectivity index is 1.62. The lowest BCUT2D eigenvalue weighted by atomic mass is 9.92. The normalized spacial score (nSPS) is 19.2. The summed E-state index contributed by atoms with van der Waals surface area (Å²) in [5, 5.41) is 9.47. The fourth-order valence-corrected chi connectivity index (χ4v) is 5.02. The molecule has 4 heteroatoms. The largest absolute Gasteiger partial charge is 0.478 e. The molecule has 5 rings (SSSR count). The van der Waals surface area contributed by atoms with Crippen LogP contribution in [0.3, 0.4) is 0 Å². The summed E-state index contributed by atoms with van der Waals surface area (Å²) in [6, 6.07) is 20.7. The summed E-state index contributed by atoms with van der Waals surface area (Å²) in [7, 11) is 0. The molecular formula is C25H26N2O2. The van der Waals surface area contributed by atoms with Gasteiger partial charge in [-0.15, -0.1) is 0 Å². The smallest absolute Gasteiger partial charge is 0.335 e. The highest BCUT2D eigenvalue weighted by atomic mass is 16.4. The van der Waals surface area contributed by atoms with Crippen molar-refractivity contribution in [2.24, 2.45) is 0 Å². The van der Waals surface area contributed by atoms with Crippen molar-refractivity contribution in [1.29, 1.82) is 0 Å². The number of aromatic nitrogens is 1. The van der Waals surface area contributed by atoms with E-state index in [0.29, 0.717) is 11.6 Å². The monoisotopic (exact) mass is 386 g/mol. The van der Waals surface area contributed by atoms with Crippen LogP contribution in [-0.2, 0) is 12.8 Å². The van der Waals surface area contributed by atoms with E-state index in [1.807, 2.05) is 18.2 Å². The molecule has 1 atom stereocenters. The Morgan fingerprint density at radius 2 is 1.76 bits per heavy atom. The first-order chi connectivity index (χ1) is 14.2. The van der Waals surface area contributed by atoms with Crippen molar-refractivity contribution in [3.63, 3.8) is 0 Å². The maximum Gasteiger partial charge on any atom is 0.335 e. The van der Waals surface area contributed by atoms with E-state index >= 15 is 0 Å². The maximum atomic E-state index is 11.5. The minimum atomic E-state index is -0.886. The Bertz CT molecular complexity index is 1030. The Morgan fingerprint density at radius 1 is 0.966 bits per heavy atom. The molecule has 148 valence electrons. The van der Waals surface area contributed by atoms with Gasteiger partial charge in [-0.25, -0.2) is 4.79 Å². The minimum Gasteiger partial charge on any atom is -0.478 e. The zero-order valence-corrected chi connectivity index (χ0v) is 16.6. The van der Waals surface area contributed by atoms with Crippen LogP contribution in [0.2, 0.25) is 0 Å². The molecule has 1 fully saturated rings. The van der Waals surface area contributed by atoms with Crippen LogP contribution >= 0.6 is 0 Å². The number of carboxylic acids is 1. The number of likely N-dealkylation sites (tertiary alicyclic amines) is 1. The number of rotatable bonds is 4. The highest BCUT2D eigenvalue weighted by Gasteiger charge is 2.29. The lowest BCUT2D eigenvalue weighted by Crippen LogP contribution is -2.37. The second-order valence-corrected chi connectivity index (χ2v) is 8.20. The van der Waals surface area contributed by atoms with Crippen LogP contribution < -0.4 is 0 Å². The molecule has 2 aromatic carbocycles. The molecule has 1 aromatic heterocycles. The summed E-state index contributed by atoms with van der Waals surface area (Å²) in [6.45, 7) is 2.46. The van der Waals surface area contributed by atoms with Crippen molar-refractivity contribution in [3.05, 3.63) is 77.5 Å². The standard InChI is InChI=1S/C25H26N2O2/c28-25(29)19-9-6-10-22(15-19)27-23-12-11-21(26-13-4-5-14-26)16-20(23)17-24(27)18-7-2-1-3-8-18/h1-3,6-10,15,17,21H,4-5,11-14,16H2,(H,28,29). The molecular weight excluding hydrogens is 360 g/mol. The van der Waals surface area contributed by atoms with E-state index in [1.165, 1.54) is 49.2 Å². The van der Waals surface area contributed by atoms with Crippen LogP contribution in [0.15, 0.2) is 60.7 Å². The average molecular weight is 386 g/mol. The molecule has 4 nitrogen and oxygen atoms in total. The fourth-order valence-electron chi connectivity index (χ4n) is 5.02. The van der Waals surface area contributed by atoms with Gasteiger partial charge in [-0.05, 0) is 80.6 Å². The van der Waals surface area contributed by atoms with E-state index in [2.05, 4.69) is 39.8 Å². The summed E-state index contributed by atoms with van der Waals surface area (Å²) in [4.78, 5) is 14.2. The second-order valence-electron chi connectivity index (χ2n) is 8.20. The Morgan fingerprint density at radius 3 is 2.52 bits per heavy atom. The molecule has 1 saturated heterocycles. The van der Waals surface area contributed by atoms with Crippen LogP contribution in [0.25, 0.3) is 16.9 Å². The van der Waals surface area contributed by atoms with Gasteiger partial charge in [0.1, 0.15) is 0 Å². The lowest BCUT2D eigenvalue weighted by Gasteiger charge is -2.31. The first-order valence-corrected chi connectivity index (χ1v) is 10.6. The number of carboxylic acid groups (broad SMARTS) is 1. The van der Waals surface area contributed by atoms with Crippen LogP contribution in [0.5, 0.6) is 0 Å². The molecule has 1 aliphatic carbocycles. The number of fused-ring (bicyclic) bond motifs is 1. The number of aromatic carboxylic acids is 1. The van der Waals surface area contributed by atoms with Crippen molar-refractivity contribution < 1.29 is 9.90 Å². The van der Waals surface area contributed by atoms with Crippen molar-refractivity contribution in [1.82, 2.24) is 9.47 Å². The summed E-state index contributed by atoms with van der Waals surface area (Å²) < 4.78 is 2.29. The highest BCUT2D eigenvalue weighted by Crippen LogP contribution is 2.35. The van der Waals surface area contributed by atoms with Gasteiger partial charge in [0, 0.05) is 17.4 Å². The molecule has 2 aliphatic rings. The zero-order chi connectivity index (χ0) is 19.8. The summed E-state index contributed by atoms with van der Waals surface area (Å²) in [6.07, 6.45) is 5.93. The Hall–Kier alpha value is -2.85. The van der Waals surface area contributed by atoms with Gasteiger partial charge in [-0.2, -0.15) is 0 Å². The molecule has 0 saturated carbocycles. The third kappa shape index (κ3) is 3.38. The molecule has 1 N–H and O–H groups in total. The lowest BCUT2D eigenvalue weighted by molar-refractivity contribution is 0.0697. The van der Waals surface area contributed by atoms with Crippen LogP contribution in [0.4, 0.5) is 0 Å². The van der Waals surface area contributed by atoms with Gasteiger partial charge in [0.15, 0.2) is 0 Å². The van der Waals surface area contributed by atoms with Crippen molar-refractivity contribution in [2.75, 3.05) is 13.1 Å². The molecule has 0 amide bonds. The predicted molar refractivity (Wildman–Crippen MR) is 115 cm³/mol. The predicted octanol–water partition coefficient (Wildman–Crippen LogP) is 4.80. The highest BCUT2D eigenvalue weighted by molar-refractivity contribution is 5.88. The third-order valence-corrected chi connectivity index (χ3v) is 6.44. The van der Waals surface area contributed by atoms with Gasteiger partial charge >= 0.3 is 5.97 Å². The molecule has 2 heterocycles. The van der Waals surface area contributed by atoms with E-state index in [-0.39, 0.29) is 0 Å². The third-order valence-electron chi connectivity index (χ3n) is 6.44. The van der Waals surface area contributed by atoms with Crippen molar-refractivity contribution >= 4 is 5.97 Å². The molecule has 0 radical (unpaired) electrons. The number of carbonyl (C=O) groups is 1. The van der Waals surface area contributed by atoms with E-state index in [4.69, 9.17) is 0 Å². The van der Waals surface area contributed by atoms with Crippen molar-refractivity contribution in [2.45, 2.75) is 38.1 Å². The Kier molecular flexibility index (Phi) is 4.72. The quantitative estimate of drug-likeness (QED) is 0.701. The van der Waals surface area contributed by atoms with Crippen LogP contribution in [0, 0.1) is 0 Å². The summed E-state index contributed by atoms with van der Waals surface area (Å²) >= 11 is 0. The van der Waals surface area contributed by atoms with Gasteiger partial charge in [0.2, 0.25) is 0 Å². The molecule has 0 bridgehead atoms. The van der Waals surface area contributed by atoms with E-state index < -0.39 is 5.97 Å². The molecule has 0 spiro atoms.